The van der Waals surface area contributed by atoms with Crippen LogP contribution >= 0.6 is 38.5 Å². The van der Waals surface area contributed by atoms with Gasteiger partial charge in [0, 0.05) is 0 Å². The van der Waals surface area contributed by atoms with Crippen LogP contribution in [0.2, 0.25) is 0 Å². The molecule has 0 N–H and O–H groups in total. The van der Waals surface area contributed by atoms with E-state index in [2.05, 4.69) is 43.5 Å². The average molecular weight is 341 g/mol. The molecule has 0 amide bonds. The first-order chi connectivity index (χ1) is 5.70. The lowest BCUT2D eigenvalue weighted by Crippen LogP contribution is -1.91. The first kappa shape index (κ1) is 8.43. The lowest BCUT2D eigenvalue weighted by atomic mass is 10.4. The lowest BCUT2D eigenvalue weighted by Gasteiger charge is -1.97. The molecule has 0 spiro atoms. The van der Waals surface area contributed by atoms with Gasteiger partial charge in [-0.05, 0) is 50.7 Å². The SMILES string of the molecule is Fc1c(Br)ccc2c(I)ncn12. The Morgan fingerprint density at radius 3 is 3.00 bits per heavy atom. The molecule has 0 saturated heterocycles. The summed E-state index contributed by atoms with van der Waals surface area (Å²) < 4.78 is 15.9. The first-order valence-electron chi connectivity index (χ1n) is 3.16. The van der Waals surface area contributed by atoms with Crippen molar-refractivity contribution in [2.24, 2.45) is 0 Å². The van der Waals surface area contributed by atoms with Crippen LogP contribution in [-0.4, -0.2) is 9.38 Å². The minimum Gasteiger partial charge on any atom is -0.273 e. The second-order valence-electron chi connectivity index (χ2n) is 2.26. The normalized spacial score (nSPS) is 10.9. The number of pyridine rings is 1. The summed E-state index contributed by atoms with van der Waals surface area (Å²) in [5, 5.41) is 0. The molecule has 2 nitrogen and oxygen atoms in total. The Bertz CT molecular complexity index is 440. The Kier molecular flexibility index (Phi) is 2.07. The van der Waals surface area contributed by atoms with Gasteiger partial charge >= 0.3 is 0 Å². The van der Waals surface area contributed by atoms with Gasteiger partial charge < -0.3 is 0 Å². The largest absolute Gasteiger partial charge is 0.273 e. The number of fused-ring (bicyclic) bond motifs is 1. The Labute approximate surface area is 90.1 Å². The fourth-order valence-electron chi connectivity index (χ4n) is 0.978. The number of hydrogen-bond donors (Lipinski definition) is 0. The van der Waals surface area contributed by atoms with Crippen molar-refractivity contribution in [3.05, 3.63) is 32.6 Å². The quantitative estimate of drug-likeness (QED) is 0.532. The molecule has 0 aliphatic carbocycles. The Hall–Kier alpha value is -0.170. The maximum atomic E-state index is 13.3. The number of imidazole rings is 1. The third-order valence-electron chi connectivity index (χ3n) is 1.55. The molecule has 0 atom stereocenters. The molecule has 2 heterocycles. The molecule has 0 unspecified atom stereocenters. The van der Waals surface area contributed by atoms with E-state index in [0.29, 0.717) is 4.47 Å². The Balaban J connectivity index is 2.93. The van der Waals surface area contributed by atoms with Crippen molar-refractivity contribution in [3.63, 3.8) is 0 Å². The first-order valence-corrected chi connectivity index (χ1v) is 5.04. The van der Waals surface area contributed by atoms with Crippen molar-refractivity contribution >= 4 is 44.0 Å². The number of hydrogen-bond acceptors (Lipinski definition) is 1. The van der Waals surface area contributed by atoms with Gasteiger partial charge in [-0.15, -0.1) is 0 Å². The molecule has 0 radical (unpaired) electrons. The van der Waals surface area contributed by atoms with E-state index in [1.165, 1.54) is 10.7 Å². The molecule has 0 saturated carbocycles. The summed E-state index contributed by atoms with van der Waals surface area (Å²) in [5.41, 5.74) is 0.788. The summed E-state index contributed by atoms with van der Waals surface area (Å²) in [6.07, 6.45) is 1.47. The molecule has 2 rings (SSSR count). The molecule has 2 aromatic heterocycles. The van der Waals surface area contributed by atoms with Crippen LogP contribution in [0.3, 0.4) is 0 Å². The van der Waals surface area contributed by atoms with Gasteiger partial charge in [-0.25, -0.2) is 4.98 Å². The molecule has 2 aromatic rings. The van der Waals surface area contributed by atoms with Gasteiger partial charge in [0.15, 0.2) is 0 Å². The van der Waals surface area contributed by atoms with E-state index in [4.69, 9.17) is 0 Å². The number of nitrogens with zero attached hydrogens (tertiary/aromatic N) is 2. The van der Waals surface area contributed by atoms with Crippen LogP contribution in [0.1, 0.15) is 0 Å². The predicted octanol–water partition coefficient (Wildman–Crippen LogP) is 2.84. The van der Waals surface area contributed by atoms with Gasteiger partial charge in [0.25, 0.3) is 0 Å². The highest BCUT2D eigenvalue weighted by molar-refractivity contribution is 14.1. The summed E-state index contributed by atoms with van der Waals surface area (Å²) in [6.45, 7) is 0. The molecule has 0 fully saturated rings. The molecular formula is C7H3BrFIN2. The minimum atomic E-state index is -0.317. The van der Waals surface area contributed by atoms with Crippen molar-refractivity contribution < 1.29 is 4.39 Å². The number of rotatable bonds is 0. The van der Waals surface area contributed by atoms with Crippen LogP contribution in [0.25, 0.3) is 5.52 Å². The summed E-state index contributed by atoms with van der Waals surface area (Å²) in [6, 6.07) is 3.50. The van der Waals surface area contributed by atoms with Crippen LogP contribution in [0.4, 0.5) is 4.39 Å². The standard InChI is InChI=1S/C7H3BrFIN2/c8-4-1-2-5-7(10)11-3-12(5)6(4)9/h1-3H. The van der Waals surface area contributed by atoms with E-state index < -0.39 is 0 Å². The van der Waals surface area contributed by atoms with Gasteiger partial charge in [0.05, 0.1) is 9.99 Å². The van der Waals surface area contributed by atoms with Crippen LogP contribution in [-0.2, 0) is 0 Å². The van der Waals surface area contributed by atoms with Crippen LogP contribution in [0.5, 0.6) is 0 Å². The monoisotopic (exact) mass is 340 g/mol. The van der Waals surface area contributed by atoms with Gasteiger partial charge in [-0.1, -0.05) is 0 Å². The molecular weight excluding hydrogens is 338 g/mol. The number of halogens is 3. The Morgan fingerprint density at radius 2 is 2.25 bits per heavy atom. The number of aromatic nitrogens is 2. The molecule has 12 heavy (non-hydrogen) atoms. The van der Waals surface area contributed by atoms with E-state index in [1.54, 1.807) is 6.07 Å². The minimum absolute atomic E-state index is 0.317. The van der Waals surface area contributed by atoms with Gasteiger partial charge in [-0.2, -0.15) is 4.39 Å². The second-order valence-corrected chi connectivity index (χ2v) is 4.14. The molecule has 5 heteroatoms. The van der Waals surface area contributed by atoms with Gasteiger partial charge in [-0.3, -0.25) is 4.40 Å². The average Bonchev–Trinajstić information content (AvgIpc) is 2.41. The van der Waals surface area contributed by atoms with E-state index in [0.717, 1.165) is 9.22 Å². The van der Waals surface area contributed by atoms with Crippen molar-refractivity contribution in [2.75, 3.05) is 0 Å². The smallest absolute Gasteiger partial charge is 0.213 e. The highest BCUT2D eigenvalue weighted by atomic mass is 127. The topological polar surface area (TPSA) is 17.3 Å². The van der Waals surface area contributed by atoms with E-state index in [-0.39, 0.29) is 5.95 Å². The zero-order valence-electron chi connectivity index (χ0n) is 5.76. The summed E-state index contributed by atoms with van der Waals surface area (Å²) in [7, 11) is 0. The summed E-state index contributed by atoms with van der Waals surface area (Å²) >= 11 is 5.17. The van der Waals surface area contributed by atoms with Gasteiger partial charge in [0.2, 0.25) is 5.95 Å². The third-order valence-corrected chi connectivity index (χ3v) is 2.98. The van der Waals surface area contributed by atoms with E-state index >= 15 is 0 Å². The maximum absolute atomic E-state index is 13.3. The molecule has 0 aromatic carbocycles. The summed E-state index contributed by atoms with van der Waals surface area (Å²) in [4.78, 5) is 3.99. The fraction of sp³-hybridized carbons (Fsp3) is 0. The van der Waals surface area contributed by atoms with E-state index in [9.17, 15) is 4.39 Å². The highest BCUT2D eigenvalue weighted by Crippen LogP contribution is 2.19. The van der Waals surface area contributed by atoms with Crippen molar-refractivity contribution in [2.45, 2.75) is 0 Å². The zero-order valence-corrected chi connectivity index (χ0v) is 9.50. The molecule has 62 valence electrons. The Morgan fingerprint density at radius 1 is 1.50 bits per heavy atom. The van der Waals surface area contributed by atoms with Crippen molar-refractivity contribution in [1.82, 2.24) is 9.38 Å². The van der Waals surface area contributed by atoms with Gasteiger partial charge in [0.1, 0.15) is 10.0 Å². The molecule has 0 aliphatic heterocycles. The van der Waals surface area contributed by atoms with Crippen molar-refractivity contribution in [1.29, 1.82) is 0 Å². The lowest BCUT2D eigenvalue weighted by molar-refractivity contribution is 0.560. The maximum Gasteiger partial charge on any atom is 0.213 e. The third kappa shape index (κ3) is 1.15. The van der Waals surface area contributed by atoms with Crippen LogP contribution in [0, 0.1) is 9.65 Å². The second kappa shape index (κ2) is 2.95. The summed E-state index contributed by atoms with van der Waals surface area (Å²) in [5.74, 6) is -0.317. The van der Waals surface area contributed by atoms with Crippen molar-refractivity contribution in [3.8, 4) is 0 Å². The van der Waals surface area contributed by atoms with Crippen LogP contribution < -0.4 is 0 Å². The van der Waals surface area contributed by atoms with Crippen LogP contribution in [0.15, 0.2) is 22.9 Å². The fourth-order valence-corrected chi connectivity index (χ4v) is 1.87. The zero-order chi connectivity index (χ0) is 8.72. The predicted molar refractivity (Wildman–Crippen MR) is 55.6 cm³/mol. The molecule has 0 aliphatic rings. The highest BCUT2D eigenvalue weighted by Gasteiger charge is 2.07. The van der Waals surface area contributed by atoms with E-state index in [1.807, 2.05) is 6.07 Å². The molecule has 0 bridgehead atoms.